The van der Waals surface area contributed by atoms with Gasteiger partial charge in [-0.1, -0.05) is 11.6 Å². The standard InChI is InChI=1S/C13H14ClN3S/c1-15-10-3-2-4-11-9(10)6-16-13(17-11)12-5-8(14)7-18-12/h5-7,10,15H,2-4H2,1H3. The van der Waals surface area contributed by atoms with Crippen LogP contribution < -0.4 is 5.32 Å². The number of fused-ring (bicyclic) bond motifs is 1. The highest BCUT2D eigenvalue weighted by atomic mass is 35.5. The van der Waals surface area contributed by atoms with Crippen molar-refractivity contribution in [3.05, 3.63) is 33.9 Å². The average Bonchev–Trinajstić information content (AvgIpc) is 2.84. The minimum Gasteiger partial charge on any atom is -0.313 e. The molecule has 94 valence electrons. The minimum atomic E-state index is 0.398. The third-order valence-electron chi connectivity index (χ3n) is 3.32. The maximum absolute atomic E-state index is 5.94. The van der Waals surface area contributed by atoms with Gasteiger partial charge in [-0.25, -0.2) is 9.97 Å². The van der Waals surface area contributed by atoms with Crippen LogP contribution in [-0.4, -0.2) is 17.0 Å². The fourth-order valence-electron chi connectivity index (χ4n) is 2.40. The maximum atomic E-state index is 5.94. The summed E-state index contributed by atoms with van der Waals surface area (Å²) in [5, 5.41) is 5.99. The van der Waals surface area contributed by atoms with E-state index in [1.165, 1.54) is 17.7 Å². The fraction of sp³-hybridized carbons (Fsp3) is 0.385. The second-order valence-corrected chi connectivity index (χ2v) is 5.81. The Bertz CT molecular complexity index is 567. The van der Waals surface area contributed by atoms with Crippen LogP contribution in [0.1, 0.15) is 30.1 Å². The van der Waals surface area contributed by atoms with E-state index < -0.39 is 0 Å². The van der Waals surface area contributed by atoms with E-state index in [-0.39, 0.29) is 0 Å². The molecule has 5 heteroatoms. The largest absolute Gasteiger partial charge is 0.313 e. The molecule has 2 aromatic rings. The number of hydrogen-bond donors (Lipinski definition) is 1. The van der Waals surface area contributed by atoms with Crippen molar-refractivity contribution in [2.45, 2.75) is 25.3 Å². The van der Waals surface area contributed by atoms with E-state index in [9.17, 15) is 0 Å². The van der Waals surface area contributed by atoms with Crippen molar-refractivity contribution in [2.24, 2.45) is 0 Å². The third kappa shape index (κ3) is 2.16. The van der Waals surface area contributed by atoms with Gasteiger partial charge >= 0.3 is 0 Å². The number of aryl methyl sites for hydroxylation is 1. The molecule has 0 bridgehead atoms. The summed E-state index contributed by atoms with van der Waals surface area (Å²) in [7, 11) is 1.99. The molecule has 0 saturated carbocycles. The quantitative estimate of drug-likeness (QED) is 0.915. The lowest BCUT2D eigenvalue weighted by Gasteiger charge is -2.23. The van der Waals surface area contributed by atoms with Crippen molar-refractivity contribution in [2.75, 3.05) is 7.05 Å². The van der Waals surface area contributed by atoms with Gasteiger partial charge in [-0.3, -0.25) is 0 Å². The molecule has 1 atom stereocenters. The fourth-order valence-corrected chi connectivity index (χ4v) is 3.41. The molecule has 0 amide bonds. The molecule has 1 unspecified atom stereocenters. The van der Waals surface area contributed by atoms with Gasteiger partial charge in [0.25, 0.3) is 0 Å². The lowest BCUT2D eigenvalue weighted by atomic mass is 9.92. The molecule has 0 radical (unpaired) electrons. The van der Waals surface area contributed by atoms with Crippen molar-refractivity contribution in [3.63, 3.8) is 0 Å². The van der Waals surface area contributed by atoms with Gasteiger partial charge < -0.3 is 5.32 Å². The summed E-state index contributed by atoms with van der Waals surface area (Å²) in [5.41, 5.74) is 2.42. The van der Waals surface area contributed by atoms with Crippen LogP contribution in [0.4, 0.5) is 0 Å². The van der Waals surface area contributed by atoms with Crippen LogP contribution in [-0.2, 0) is 6.42 Å². The van der Waals surface area contributed by atoms with Gasteiger partial charge in [-0.05, 0) is 32.4 Å². The average molecular weight is 280 g/mol. The van der Waals surface area contributed by atoms with Crippen LogP contribution in [0.2, 0.25) is 5.02 Å². The molecular formula is C13H14ClN3S. The molecule has 0 spiro atoms. The first-order valence-electron chi connectivity index (χ1n) is 6.05. The molecule has 1 N–H and O–H groups in total. The summed E-state index contributed by atoms with van der Waals surface area (Å²) < 4.78 is 0. The summed E-state index contributed by atoms with van der Waals surface area (Å²) >= 11 is 7.53. The summed E-state index contributed by atoms with van der Waals surface area (Å²) in [5.74, 6) is 0.794. The summed E-state index contributed by atoms with van der Waals surface area (Å²) in [4.78, 5) is 10.2. The van der Waals surface area contributed by atoms with Gasteiger partial charge in [0.15, 0.2) is 5.82 Å². The SMILES string of the molecule is CNC1CCCc2nc(-c3cc(Cl)cs3)ncc21. The summed E-state index contributed by atoms with van der Waals surface area (Å²) in [6, 6.07) is 2.32. The molecular weight excluding hydrogens is 266 g/mol. The van der Waals surface area contributed by atoms with Gasteiger partial charge in [0, 0.05) is 28.9 Å². The predicted molar refractivity (Wildman–Crippen MR) is 75.1 cm³/mol. The van der Waals surface area contributed by atoms with Crippen LogP contribution in [0.25, 0.3) is 10.7 Å². The van der Waals surface area contributed by atoms with Gasteiger partial charge in [0.05, 0.1) is 9.90 Å². The zero-order valence-electron chi connectivity index (χ0n) is 10.1. The number of nitrogens with zero attached hydrogens (tertiary/aromatic N) is 2. The molecule has 1 aliphatic rings. The van der Waals surface area contributed by atoms with E-state index >= 15 is 0 Å². The third-order valence-corrected chi connectivity index (χ3v) is 4.59. The lowest BCUT2D eigenvalue weighted by molar-refractivity contribution is 0.488. The highest BCUT2D eigenvalue weighted by Gasteiger charge is 2.21. The normalized spacial score (nSPS) is 18.7. The van der Waals surface area contributed by atoms with Gasteiger partial charge in [-0.15, -0.1) is 11.3 Å². The Morgan fingerprint density at radius 2 is 2.39 bits per heavy atom. The molecule has 0 aliphatic heterocycles. The van der Waals surface area contributed by atoms with Crippen LogP contribution in [0.5, 0.6) is 0 Å². The molecule has 0 fully saturated rings. The van der Waals surface area contributed by atoms with E-state index in [1.54, 1.807) is 11.3 Å². The van der Waals surface area contributed by atoms with Gasteiger partial charge in [0.2, 0.25) is 0 Å². The smallest absolute Gasteiger partial charge is 0.169 e. The first-order valence-corrected chi connectivity index (χ1v) is 7.31. The molecule has 2 heterocycles. The van der Waals surface area contributed by atoms with Crippen LogP contribution >= 0.6 is 22.9 Å². The number of nitrogens with one attached hydrogen (secondary N) is 1. The monoisotopic (exact) mass is 279 g/mol. The zero-order chi connectivity index (χ0) is 12.5. The number of hydrogen-bond acceptors (Lipinski definition) is 4. The van der Waals surface area contributed by atoms with Crippen molar-refractivity contribution in [3.8, 4) is 10.7 Å². The number of aromatic nitrogens is 2. The van der Waals surface area contributed by atoms with E-state index in [0.717, 1.165) is 28.6 Å². The Labute approximate surface area is 115 Å². The van der Waals surface area contributed by atoms with Crippen molar-refractivity contribution in [1.29, 1.82) is 0 Å². The first kappa shape index (κ1) is 12.1. The second-order valence-electron chi connectivity index (χ2n) is 4.46. The maximum Gasteiger partial charge on any atom is 0.169 e. The highest BCUT2D eigenvalue weighted by Crippen LogP contribution is 2.31. The topological polar surface area (TPSA) is 37.8 Å². The van der Waals surface area contributed by atoms with Gasteiger partial charge in [0.1, 0.15) is 0 Å². The molecule has 3 nitrogen and oxygen atoms in total. The molecule has 2 aromatic heterocycles. The van der Waals surface area contributed by atoms with Crippen LogP contribution in [0.3, 0.4) is 0 Å². The Kier molecular flexibility index (Phi) is 3.33. The van der Waals surface area contributed by atoms with Crippen molar-refractivity contribution >= 4 is 22.9 Å². The highest BCUT2D eigenvalue weighted by molar-refractivity contribution is 7.14. The zero-order valence-corrected chi connectivity index (χ0v) is 11.7. The van der Waals surface area contributed by atoms with Crippen LogP contribution in [0.15, 0.2) is 17.6 Å². The Morgan fingerprint density at radius 1 is 1.50 bits per heavy atom. The second kappa shape index (κ2) is 4.96. The molecule has 18 heavy (non-hydrogen) atoms. The van der Waals surface area contributed by atoms with E-state index in [4.69, 9.17) is 16.6 Å². The minimum absolute atomic E-state index is 0.398. The summed E-state index contributed by atoms with van der Waals surface area (Å²) in [6.45, 7) is 0. The van der Waals surface area contributed by atoms with E-state index in [2.05, 4.69) is 10.3 Å². The Hall–Kier alpha value is -0.970. The van der Waals surface area contributed by atoms with Gasteiger partial charge in [-0.2, -0.15) is 0 Å². The van der Waals surface area contributed by atoms with E-state index in [0.29, 0.717) is 6.04 Å². The van der Waals surface area contributed by atoms with Crippen molar-refractivity contribution in [1.82, 2.24) is 15.3 Å². The van der Waals surface area contributed by atoms with E-state index in [1.807, 2.05) is 24.7 Å². The molecule has 1 aliphatic carbocycles. The number of halogens is 1. The lowest BCUT2D eigenvalue weighted by Crippen LogP contribution is -2.22. The molecule has 0 aromatic carbocycles. The molecule has 0 saturated heterocycles. The number of thiophene rings is 1. The number of rotatable bonds is 2. The van der Waals surface area contributed by atoms with Crippen molar-refractivity contribution < 1.29 is 0 Å². The Morgan fingerprint density at radius 3 is 3.11 bits per heavy atom. The molecule has 3 rings (SSSR count). The van der Waals surface area contributed by atoms with Crippen LogP contribution in [0, 0.1) is 0 Å². The summed E-state index contributed by atoms with van der Waals surface area (Å²) in [6.07, 6.45) is 5.35. The first-order chi connectivity index (χ1) is 8.78. The Balaban J connectivity index is 2.00. The predicted octanol–water partition coefficient (Wildman–Crippen LogP) is 3.46.